The van der Waals surface area contributed by atoms with Crippen molar-refractivity contribution in [3.05, 3.63) is 65.4 Å². The number of fused-ring (bicyclic) bond motifs is 1. The van der Waals surface area contributed by atoms with Gasteiger partial charge in [-0.2, -0.15) is 0 Å². The Bertz CT molecular complexity index is 869. The highest BCUT2D eigenvalue weighted by molar-refractivity contribution is 5.99. The summed E-state index contributed by atoms with van der Waals surface area (Å²) in [7, 11) is 0. The molecule has 0 aliphatic heterocycles. The van der Waals surface area contributed by atoms with Crippen molar-refractivity contribution in [3.8, 4) is 5.75 Å². The average molecular weight is 338 g/mol. The van der Waals surface area contributed by atoms with Crippen LogP contribution < -0.4 is 4.74 Å². The van der Waals surface area contributed by atoms with E-state index < -0.39 is 11.8 Å². The molecule has 0 N–H and O–H groups in total. The van der Waals surface area contributed by atoms with E-state index in [1.165, 1.54) is 0 Å². The molecule has 2 aromatic carbocycles. The van der Waals surface area contributed by atoms with Crippen molar-refractivity contribution in [1.82, 2.24) is 0 Å². The second kappa shape index (κ2) is 7.21. The molecular formula is C20H18O5. The van der Waals surface area contributed by atoms with E-state index in [4.69, 9.17) is 13.9 Å². The molecule has 0 radical (unpaired) electrons. The van der Waals surface area contributed by atoms with Gasteiger partial charge in [0, 0.05) is 5.39 Å². The molecule has 5 nitrogen and oxygen atoms in total. The van der Waals surface area contributed by atoms with Crippen LogP contribution >= 0.6 is 0 Å². The van der Waals surface area contributed by atoms with Crippen molar-refractivity contribution in [2.24, 2.45) is 0 Å². The SMILES string of the molecule is Cc1cc(C)cc(OCC(=O)OCC(=O)c2cc3ccccc3o2)c1. The number of ketones is 1. The van der Waals surface area contributed by atoms with Gasteiger partial charge in [-0.1, -0.05) is 24.3 Å². The van der Waals surface area contributed by atoms with Gasteiger partial charge in [0.25, 0.3) is 0 Å². The van der Waals surface area contributed by atoms with Gasteiger partial charge in [-0.05, 0) is 49.2 Å². The summed E-state index contributed by atoms with van der Waals surface area (Å²) in [6, 6.07) is 14.6. The lowest BCUT2D eigenvalue weighted by Gasteiger charge is -2.08. The van der Waals surface area contributed by atoms with Crippen molar-refractivity contribution in [2.45, 2.75) is 13.8 Å². The van der Waals surface area contributed by atoms with E-state index in [1.807, 2.05) is 50.2 Å². The predicted molar refractivity (Wildman–Crippen MR) is 92.9 cm³/mol. The van der Waals surface area contributed by atoms with Crippen molar-refractivity contribution in [3.63, 3.8) is 0 Å². The summed E-state index contributed by atoms with van der Waals surface area (Å²) in [5.74, 6) is -0.234. The number of benzene rings is 2. The minimum absolute atomic E-state index is 0.171. The Morgan fingerprint density at radius 1 is 0.960 bits per heavy atom. The molecule has 0 unspecified atom stereocenters. The number of carbonyl (C=O) groups excluding carboxylic acids is 2. The second-order valence-electron chi connectivity index (χ2n) is 5.84. The molecule has 1 aromatic heterocycles. The first-order valence-corrected chi connectivity index (χ1v) is 7.90. The third-order valence-electron chi connectivity index (χ3n) is 3.62. The summed E-state index contributed by atoms with van der Waals surface area (Å²) in [6.07, 6.45) is 0. The second-order valence-corrected chi connectivity index (χ2v) is 5.84. The van der Waals surface area contributed by atoms with Gasteiger partial charge in [-0.15, -0.1) is 0 Å². The third kappa shape index (κ3) is 4.26. The van der Waals surface area contributed by atoms with Gasteiger partial charge in [0.15, 0.2) is 19.0 Å². The van der Waals surface area contributed by atoms with E-state index >= 15 is 0 Å². The van der Waals surface area contributed by atoms with Crippen molar-refractivity contribution in [1.29, 1.82) is 0 Å². The number of rotatable bonds is 6. The summed E-state index contributed by atoms with van der Waals surface area (Å²) in [6.45, 7) is 3.26. The number of para-hydroxylation sites is 1. The van der Waals surface area contributed by atoms with Crippen LogP contribution in [-0.4, -0.2) is 25.0 Å². The highest BCUT2D eigenvalue weighted by Gasteiger charge is 2.15. The largest absolute Gasteiger partial charge is 0.482 e. The van der Waals surface area contributed by atoms with Crippen LogP contribution in [0.15, 0.2) is 52.9 Å². The maximum atomic E-state index is 12.1. The van der Waals surface area contributed by atoms with Gasteiger partial charge in [-0.25, -0.2) is 4.79 Å². The van der Waals surface area contributed by atoms with Crippen LogP contribution in [0.3, 0.4) is 0 Å². The molecule has 0 saturated heterocycles. The molecule has 0 saturated carbocycles. The van der Waals surface area contributed by atoms with E-state index in [1.54, 1.807) is 12.1 Å². The molecule has 0 atom stereocenters. The molecule has 0 bridgehead atoms. The van der Waals surface area contributed by atoms with E-state index in [9.17, 15) is 9.59 Å². The van der Waals surface area contributed by atoms with Gasteiger partial charge in [0.05, 0.1) is 0 Å². The van der Waals surface area contributed by atoms with Crippen LogP contribution in [0.1, 0.15) is 21.7 Å². The molecule has 1 heterocycles. The molecule has 0 amide bonds. The third-order valence-corrected chi connectivity index (χ3v) is 3.62. The molecule has 5 heteroatoms. The molecule has 0 aliphatic carbocycles. The predicted octanol–water partition coefficient (Wildman–Crippen LogP) is 3.85. The monoisotopic (exact) mass is 338 g/mol. The number of hydrogen-bond acceptors (Lipinski definition) is 5. The molecule has 25 heavy (non-hydrogen) atoms. The molecule has 0 spiro atoms. The Hall–Kier alpha value is -3.08. The van der Waals surface area contributed by atoms with Gasteiger partial charge in [-0.3, -0.25) is 4.79 Å². The molecule has 3 rings (SSSR count). The highest BCUT2D eigenvalue weighted by Crippen LogP contribution is 2.19. The quantitative estimate of drug-likeness (QED) is 0.504. The minimum atomic E-state index is -0.608. The van der Waals surface area contributed by atoms with E-state index in [-0.39, 0.29) is 19.0 Å². The molecule has 0 aliphatic rings. The number of esters is 1. The Morgan fingerprint density at radius 3 is 2.40 bits per heavy atom. The van der Waals surface area contributed by atoms with Crippen LogP contribution in [0, 0.1) is 13.8 Å². The lowest BCUT2D eigenvalue weighted by Crippen LogP contribution is -2.19. The Balaban J connectivity index is 1.52. The summed E-state index contributed by atoms with van der Waals surface area (Å²) in [5.41, 5.74) is 2.71. The van der Waals surface area contributed by atoms with Gasteiger partial charge < -0.3 is 13.9 Å². The summed E-state index contributed by atoms with van der Waals surface area (Å²) in [5, 5.41) is 0.829. The van der Waals surface area contributed by atoms with Crippen molar-refractivity contribution >= 4 is 22.7 Å². The van der Waals surface area contributed by atoms with E-state index in [2.05, 4.69) is 0 Å². The lowest BCUT2D eigenvalue weighted by molar-refractivity contribution is -0.144. The fourth-order valence-electron chi connectivity index (χ4n) is 2.54. The van der Waals surface area contributed by atoms with Crippen molar-refractivity contribution < 1.29 is 23.5 Å². The number of Topliss-reactive ketones (excluding diaryl/α,β-unsaturated/α-hetero) is 1. The maximum Gasteiger partial charge on any atom is 0.344 e. The van der Waals surface area contributed by atoms with E-state index in [0.717, 1.165) is 16.5 Å². The van der Waals surface area contributed by atoms with Gasteiger partial charge >= 0.3 is 5.97 Å². The fraction of sp³-hybridized carbons (Fsp3) is 0.200. The van der Waals surface area contributed by atoms with Gasteiger partial charge in [0.2, 0.25) is 5.78 Å². The van der Waals surface area contributed by atoms with Gasteiger partial charge in [0.1, 0.15) is 11.3 Å². The zero-order valence-corrected chi connectivity index (χ0v) is 14.1. The number of furan rings is 1. The lowest BCUT2D eigenvalue weighted by atomic mass is 10.1. The summed E-state index contributed by atoms with van der Waals surface area (Å²) >= 11 is 0. The molecule has 128 valence electrons. The first-order chi connectivity index (χ1) is 12.0. The van der Waals surface area contributed by atoms with Crippen LogP contribution in [0.2, 0.25) is 0 Å². The first-order valence-electron chi connectivity index (χ1n) is 7.90. The maximum absolute atomic E-state index is 12.1. The van der Waals surface area contributed by atoms with E-state index in [0.29, 0.717) is 11.3 Å². The number of ether oxygens (including phenoxy) is 2. The fourth-order valence-corrected chi connectivity index (χ4v) is 2.54. The minimum Gasteiger partial charge on any atom is -0.482 e. The highest BCUT2D eigenvalue weighted by atomic mass is 16.6. The van der Waals surface area contributed by atoms with Crippen LogP contribution in [0.4, 0.5) is 0 Å². The molecule has 3 aromatic rings. The summed E-state index contributed by atoms with van der Waals surface area (Å²) < 4.78 is 15.8. The average Bonchev–Trinajstić information content (AvgIpc) is 3.01. The van der Waals surface area contributed by atoms with Crippen molar-refractivity contribution in [2.75, 3.05) is 13.2 Å². The zero-order valence-electron chi connectivity index (χ0n) is 14.1. The van der Waals surface area contributed by atoms with Crippen LogP contribution in [0.5, 0.6) is 5.75 Å². The smallest absolute Gasteiger partial charge is 0.344 e. The number of aryl methyl sites for hydroxylation is 2. The van der Waals surface area contributed by atoms with Crippen LogP contribution in [0.25, 0.3) is 11.0 Å². The first kappa shape index (κ1) is 16.8. The number of hydrogen-bond donors (Lipinski definition) is 0. The molecular weight excluding hydrogens is 320 g/mol. The number of carbonyl (C=O) groups is 2. The standard InChI is InChI=1S/C20H18O5/c1-13-7-14(2)9-16(8-13)23-12-20(22)24-11-17(21)19-10-15-5-3-4-6-18(15)25-19/h3-10H,11-12H2,1-2H3. The Kier molecular flexibility index (Phi) is 4.84. The summed E-state index contributed by atoms with van der Waals surface area (Å²) in [4.78, 5) is 23.8. The topological polar surface area (TPSA) is 65.7 Å². The molecule has 0 fully saturated rings. The van der Waals surface area contributed by atoms with Crippen LogP contribution in [-0.2, 0) is 9.53 Å². The Labute approximate surface area is 145 Å². The Morgan fingerprint density at radius 2 is 1.68 bits per heavy atom. The zero-order chi connectivity index (χ0) is 17.8. The normalized spacial score (nSPS) is 10.6.